The lowest BCUT2D eigenvalue weighted by Crippen LogP contribution is -2.34. The molecule has 0 saturated heterocycles. The average Bonchev–Trinajstić information content (AvgIpc) is 3.03. The van der Waals surface area contributed by atoms with Crippen molar-refractivity contribution in [1.82, 2.24) is 10.6 Å². The van der Waals surface area contributed by atoms with Gasteiger partial charge in [0.1, 0.15) is 36.9 Å². The maximum absolute atomic E-state index is 10.4. The lowest BCUT2D eigenvalue weighted by Gasteiger charge is -2.27. The third-order valence-corrected chi connectivity index (χ3v) is 9.90. The van der Waals surface area contributed by atoms with E-state index in [1.807, 2.05) is 24.3 Å². The zero-order chi connectivity index (χ0) is 32.1. The second-order valence-electron chi connectivity index (χ2n) is 14.2. The first-order valence-corrected chi connectivity index (χ1v) is 17.4. The van der Waals surface area contributed by atoms with Gasteiger partial charge in [-0.3, -0.25) is 0 Å². The molecule has 252 valence electrons. The van der Waals surface area contributed by atoms with Gasteiger partial charge in [0, 0.05) is 30.6 Å². The SMILES string of the molecule is CC(C)(c1ccc(OCC(O)CNCCC2CCCC(N)C2)cc1)c1ccc(OCC(O)CNCCC2CCCC(N)C2)cc1. The Balaban J connectivity index is 1.12. The Bertz CT molecular complexity index is 1010. The predicted molar refractivity (Wildman–Crippen MR) is 183 cm³/mol. The summed E-state index contributed by atoms with van der Waals surface area (Å²) in [5, 5.41) is 27.5. The molecule has 0 radical (unpaired) electrons. The summed E-state index contributed by atoms with van der Waals surface area (Å²) in [5.41, 5.74) is 14.3. The molecule has 2 saturated carbocycles. The van der Waals surface area contributed by atoms with E-state index >= 15 is 0 Å². The molecule has 6 atom stereocenters. The summed E-state index contributed by atoms with van der Waals surface area (Å²) in [4.78, 5) is 0. The van der Waals surface area contributed by atoms with Gasteiger partial charge in [-0.2, -0.15) is 0 Å². The third-order valence-electron chi connectivity index (χ3n) is 9.90. The van der Waals surface area contributed by atoms with Gasteiger partial charge in [0.25, 0.3) is 0 Å². The van der Waals surface area contributed by atoms with E-state index in [4.69, 9.17) is 20.9 Å². The van der Waals surface area contributed by atoms with Crippen LogP contribution in [0, 0.1) is 11.8 Å². The molecule has 2 aromatic rings. The van der Waals surface area contributed by atoms with E-state index in [1.54, 1.807) is 0 Å². The van der Waals surface area contributed by atoms with Crippen molar-refractivity contribution in [3.8, 4) is 11.5 Å². The summed E-state index contributed by atoms with van der Waals surface area (Å²) in [6.07, 6.45) is 10.7. The number of aliphatic hydroxyl groups is 2. The van der Waals surface area contributed by atoms with Crippen molar-refractivity contribution in [3.05, 3.63) is 59.7 Å². The van der Waals surface area contributed by atoms with E-state index in [0.717, 1.165) is 63.1 Å². The molecule has 0 heterocycles. The molecule has 2 aliphatic carbocycles. The number of rotatable bonds is 18. The monoisotopic (exact) mass is 624 g/mol. The minimum Gasteiger partial charge on any atom is -0.491 e. The molecule has 45 heavy (non-hydrogen) atoms. The van der Waals surface area contributed by atoms with E-state index in [0.29, 0.717) is 37.0 Å². The maximum Gasteiger partial charge on any atom is 0.119 e. The molecular weight excluding hydrogens is 564 g/mol. The molecule has 8 N–H and O–H groups in total. The van der Waals surface area contributed by atoms with Gasteiger partial charge in [-0.15, -0.1) is 0 Å². The average molecular weight is 625 g/mol. The second-order valence-corrected chi connectivity index (χ2v) is 14.2. The standard InChI is InChI=1S/C37H60N4O4/c1-37(2,29-9-13-35(14-10-29)44-25-33(42)23-40-19-17-27-5-3-7-31(38)21-27)30-11-15-36(16-12-30)45-26-34(43)24-41-20-18-28-6-4-8-32(39)22-28/h9-16,27-28,31-34,40-43H,3-8,17-26,38-39H2,1-2H3. The van der Waals surface area contributed by atoms with Crippen molar-refractivity contribution >= 4 is 0 Å². The summed E-state index contributed by atoms with van der Waals surface area (Å²) < 4.78 is 11.7. The van der Waals surface area contributed by atoms with Crippen molar-refractivity contribution in [2.45, 2.75) is 108 Å². The van der Waals surface area contributed by atoms with Crippen LogP contribution in [-0.2, 0) is 5.41 Å². The smallest absolute Gasteiger partial charge is 0.119 e. The van der Waals surface area contributed by atoms with Crippen molar-refractivity contribution < 1.29 is 19.7 Å². The summed E-state index contributed by atoms with van der Waals surface area (Å²) in [6, 6.07) is 17.0. The molecule has 8 heteroatoms. The van der Waals surface area contributed by atoms with Crippen LogP contribution in [0.5, 0.6) is 11.5 Å². The molecule has 2 aromatic carbocycles. The van der Waals surface area contributed by atoms with Crippen LogP contribution < -0.4 is 31.6 Å². The highest BCUT2D eigenvalue weighted by atomic mass is 16.5. The molecule has 8 nitrogen and oxygen atoms in total. The van der Waals surface area contributed by atoms with Crippen molar-refractivity contribution in [2.24, 2.45) is 23.3 Å². The summed E-state index contributed by atoms with van der Waals surface area (Å²) in [6.45, 7) is 7.77. The van der Waals surface area contributed by atoms with Gasteiger partial charge in [-0.05, 0) is 98.8 Å². The molecule has 0 aromatic heterocycles. The molecule has 0 spiro atoms. The van der Waals surface area contributed by atoms with E-state index in [2.05, 4.69) is 48.7 Å². The maximum atomic E-state index is 10.4. The summed E-state index contributed by atoms with van der Waals surface area (Å²) in [5.74, 6) is 2.91. The Morgan fingerprint density at radius 3 is 1.47 bits per heavy atom. The van der Waals surface area contributed by atoms with Gasteiger partial charge in [0.15, 0.2) is 0 Å². The number of ether oxygens (including phenoxy) is 2. The topological polar surface area (TPSA) is 135 Å². The molecule has 4 rings (SSSR count). The Morgan fingerprint density at radius 1 is 0.689 bits per heavy atom. The van der Waals surface area contributed by atoms with Gasteiger partial charge in [0.2, 0.25) is 0 Å². The fraction of sp³-hybridized carbons (Fsp3) is 0.676. The molecule has 2 fully saturated rings. The first kappa shape index (κ1) is 35.7. The largest absolute Gasteiger partial charge is 0.491 e. The Morgan fingerprint density at radius 2 is 1.09 bits per heavy atom. The van der Waals surface area contributed by atoms with Gasteiger partial charge < -0.3 is 41.8 Å². The highest BCUT2D eigenvalue weighted by Gasteiger charge is 2.24. The zero-order valence-corrected chi connectivity index (χ0v) is 27.8. The molecule has 6 unspecified atom stereocenters. The lowest BCUT2D eigenvalue weighted by molar-refractivity contribution is 0.106. The van der Waals surface area contributed by atoms with Crippen LogP contribution in [0.3, 0.4) is 0 Å². The fourth-order valence-electron chi connectivity index (χ4n) is 6.94. The first-order valence-electron chi connectivity index (χ1n) is 17.4. The van der Waals surface area contributed by atoms with Crippen LogP contribution in [0.4, 0.5) is 0 Å². The van der Waals surface area contributed by atoms with E-state index in [9.17, 15) is 10.2 Å². The van der Waals surface area contributed by atoms with E-state index in [-0.39, 0.29) is 18.6 Å². The van der Waals surface area contributed by atoms with Gasteiger partial charge in [-0.1, -0.05) is 63.8 Å². The molecule has 0 aliphatic heterocycles. The Hall–Kier alpha value is -2.20. The van der Waals surface area contributed by atoms with E-state index in [1.165, 1.54) is 36.8 Å². The van der Waals surface area contributed by atoms with Crippen molar-refractivity contribution in [3.63, 3.8) is 0 Å². The predicted octanol–water partition coefficient (Wildman–Crippen LogP) is 4.49. The molecule has 2 aliphatic rings. The van der Waals surface area contributed by atoms with Crippen molar-refractivity contribution in [2.75, 3.05) is 39.4 Å². The van der Waals surface area contributed by atoms with Gasteiger partial charge in [0.05, 0.1) is 0 Å². The molecular formula is C37H60N4O4. The minimum absolute atomic E-state index is 0.214. The highest BCUT2D eigenvalue weighted by Crippen LogP contribution is 2.33. The van der Waals surface area contributed by atoms with Crippen LogP contribution in [0.25, 0.3) is 0 Å². The quantitative estimate of drug-likeness (QED) is 0.134. The van der Waals surface area contributed by atoms with Crippen LogP contribution in [0.2, 0.25) is 0 Å². The third kappa shape index (κ3) is 12.2. The van der Waals surface area contributed by atoms with Gasteiger partial charge in [-0.25, -0.2) is 0 Å². The summed E-state index contributed by atoms with van der Waals surface area (Å²) >= 11 is 0. The van der Waals surface area contributed by atoms with Gasteiger partial charge >= 0.3 is 0 Å². The normalized spacial score (nSPS) is 23.8. The summed E-state index contributed by atoms with van der Waals surface area (Å²) in [7, 11) is 0. The molecule has 0 amide bonds. The van der Waals surface area contributed by atoms with Crippen LogP contribution in [-0.4, -0.2) is 73.9 Å². The fourth-order valence-corrected chi connectivity index (χ4v) is 6.94. The number of nitrogens with one attached hydrogen (secondary N) is 2. The second kappa shape index (κ2) is 18.2. The number of hydrogen-bond donors (Lipinski definition) is 6. The molecule has 0 bridgehead atoms. The number of hydrogen-bond acceptors (Lipinski definition) is 8. The highest BCUT2D eigenvalue weighted by molar-refractivity contribution is 5.41. The van der Waals surface area contributed by atoms with Crippen LogP contribution in [0.15, 0.2) is 48.5 Å². The number of nitrogens with two attached hydrogens (primary N) is 2. The van der Waals surface area contributed by atoms with E-state index < -0.39 is 12.2 Å². The van der Waals surface area contributed by atoms with Crippen molar-refractivity contribution in [1.29, 1.82) is 0 Å². The Labute approximate surface area is 271 Å². The first-order chi connectivity index (χ1) is 21.7. The Kier molecular flexibility index (Phi) is 14.4. The number of benzene rings is 2. The van der Waals surface area contributed by atoms with Crippen LogP contribution >= 0.6 is 0 Å². The van der Waals surface area contributed by atoms with Crippen LogP contribution in [0.1, 0.15) is 89.2 Å². The lowest BCUT2D eigenvalue weighted by atomic mass is 9.78. The zero-order valence-electron chi connectivity index (χ0n) is 27.8. The minimum atomic E-state index is -0.556. The number of aliphatic hydroxyl groups excluding tert-OH is 2.